The predicted molar refractivity (Wildman–Crippen MR) is 51.3 cm³/mol. The first kappa shape index (κ1) is 8.97. The molecule has 0 aromatic rings. The Bertz CT molecular complexity index is 235. The molecule has 0 amide bonds. The van der Waals surface area contributed by atoms with Crippen LogP contribution in [0.1, 0.15) is 39.5 Å². The minimum absolute atomic E-state index is 0.152. The third-order valence-electron chi connectivity index (χ3n) is 3.00. The molecule has 2 nitrogen and oxygen atoms in total. The molecule has 0 aromatic heterocycles. The van der Waals surface area contributed by atoms with E-state index in [2.05, 4.69) is 12.0 Å². The van der Waals surface area contributed by atoms with Crippen LogP contribution in [-0.2, 0) is 0 Å². The summed E-state index contributed by atoms with van der Waals surface area (Å²) in [5.74, 6) is -0.152. The van der Waals surface area contributed by atoms with Crippen molar-refractivity contribution in [2.75, 3.05) is 6.54 Å². The molecule has 74 valence electrons. The lowest BCUT2D eigenvalue weighted by atomic mass is 9.86. The van der Waals surface area contributed by atoms with Gasteiger partial charge in [-0.2, -0.15) is 9.49 Å². The van der Waals surface area contributed by atoms with Crippen molar-refractivity contribution in [2.45, 2.75) is 45.6 Å². The van der Waals surface area contributed by atoms with E-state index in [-0.39, 0.29) is 11.4 Å². The van der Waals surface area contributed by atoms with E-state index < -0.39 is 0 Å². The van der Waals surface area contributed by atoms with Gasteiger partial charge in [0.25, 0.3) is 0 Å². The van der Waals surface area contributed by atoms with Gasteiger partial charge < -0.3 is 0 Å². The van der Waals surface area contributed by atoms with Gasteiger partial charge in [0, 0.05) is 12.6 Å². The third-order valence-corrected chi connectivity index (χ3v) is 3.00. The van der Waals surface area contributed by atoms with E-state index in [9.17, 15) is 4.39 Å². The van der Waals surface area contributed by atoms with Crippen LogP contribution in [0.25, 0.3) is 0 Å². The van der Waals surface area contributed by atoms with E-state index >= 15 is 0 Å². The molecule has 3 heteroatoms. The van der Waals surface area contributed by atoms with Gasteiger partial charge in [0.05, 0.1) is 5.41 Å². The monoisotopic (exact) mass is 184 g/mol. The highest BCUT2D eigenvalue weighted by atomic mass is 19.1. The van der Waals surface area contributed by atoms with E-state index in [1.807, 2.05) is 11.9 Å². The van der Waals surface area contributed by atoms with Gasteiger partial charge >= 0.3 is 0 Å². The minimum Gasteiger partial charge on any atom is -0.290 e. The van der Waals surface area contributed by atoms with E-state index in [0.717, 1.165) is 19.4 Å². The third kappa shape index (κ3) is 1.56. The van der Waals surface area contributed by atoms with Crippen LogP contribution < -0.4 is 0 Å². The van der Waals surface area contributed by atoms with Crippen molar-refractivity contribution < 1.29 is 4.39 Å². The molecule has 1 aliphatic carbocycles. The lowest BCUT2D eigenvalue weighted by Crippen LogP contribution is -2.30. The van der Waals surface area contributed by atoms with Gasteiger partial charge in [0.1, 0.15) is 0 Å². The van der Waals surface area contributed by atoms with Crippen LogP contribution in [0.4, 0.5) is 4.39 Å². The second-order valence-corrected chi connectivity index (χ2v) is 4.53. The Morgan fingerprint density at radius 3 is 2.85 bits per heavy atom. The van der Waals surface area contributed by atoms with Crippen LogP contribution in [-0.4, -0.2) is 23.6 Å². The number of hydrazone groups is 1. The molecule has 1 fully saturated rings. The normalized spacial score (nSPS) is 33.8. The number of hydrogen-bond donors (Lipinski definition) is 0. The van der Waals surface area contributed by atoms with E-state index in [0.29, 0.717) is 6.04 Å². The lowest BCUT2D eigenvalue weighted by Gasteiger charge is -2.22. The van der Waals surface area contributed by atoms with Crippen molar-refractivity contribution in [1.29, 1.82) is 0 Å². The fourth-order valence-corrected chi connectivity index (χ4v) is 2.01. The number of halogens is 1. The maximum absolute atomic E-state index is 13.5. The summed E-state index contributed by atoms with van der Waals surface area (Å²) in [6.07, 6.45) is 4.32. The molecular weight excluding hydrogens is 167 g/mol. The Kier molecular flexibility index (Phi) is 2.05. The summed E-state index contributed by atoms with van der Waals surface area (Å²) in [6.45, 7) is 4.87. The molecule has 0 bridgehead atoms. The van der Waals surface area contributed by atoms with E-state index in [4.69, 9.17) is 0 Å². The summed E-state index contributed by atoms with van der Waals surface area (Å²) in [5, 5.41) is 5.96. The number of nitrogens with zero attached hydrogens (tertiary/aromatic N) is 2. The van der Waals surface area contributed by atoms with Crippen LogP contribution in [0.3, 0.4) is 0 Å². The summed E-state index contributed by atoms with van der Waals surface area (Å²) in [4.78, 5) is 0. The second kappa shape index (κ2) is 2.96. The minimum atomic E-state index is -0.294. The molecular formula is C10H17FN2. The van der Waals surface area contributed by atoms with Crippen molar-refractivity contribution in [3.63, 3.8) is 0 Å². The Balaban J connectivity index is 2.04. The summed E-state index contributed by atoms with van der Waals surface area (Å²) in [7, 11) is 0. The second-order valence-electron chi connectivity index (χ2n) is 4.53. The largest absolute Gasteiger partial charge is 0.290 e. The Labute approximate surface area is 78.8 Å². The highest BCUT2D eigenvalue weighted by Crippen LogP contribution is 2.38. The zero-order valence-electron chi connectivity index (χ0n) is 8.39. The summed E-state index contributed by atoms with van der Waals surface area (Å²) in [6, 6.07) is 0.546. The van der Waals surface area contributed by atoms with Gasteiger partial charge in [-0.1, -0.05) is 13.3 Å². The molecule has 2 rings (SSSR count). The maximum atomic E-state index is 13.5. The van der Waals surface area contributed by atoms with Gasteiger partial charge in [-0.25, -0.2) is 0 Å². The van der Waals surface area contributed by atoms with E-state index in [1.54, 1.807) is 0 Å². The average molecular weight is 184 g/mol. The quantitative estimate of drug-likeness (QED) is 0.658. The topological polar surface area (TPSA) is 15.6 Å². The van der Waals surface area contributed by atoms with Crippen LogP contribution in [0.5, 0.6) is 0 Å². The van der Waals surface area contributed by atoms with Crippen LogP contribution >= 0.6 is 0 Å². The van der Waals surface area contributed by atoms with Gasteiger partial charge in [-0.05, 0) is 26.2 Å². The van der Waals surface area contributed by atoms with Crippen molar-refractivity contribution >= 4 is 5.97 Å². The molecule has 0 spiro atoms. The standard InChI is InChI=1S/C10H17FN2/c1-3-6-10(2)7-13(8-4-5-8)12-9(10)11/h8H,3-7H2,1-2H3. The Morgan fingerprint density at radius 2 is 2.31 bits per heavy atom. The van der Waals surface area contributed by atoms with Gasteiger partial charge in [-0.15, -0.1) is 0 Å². The fourth-order valence-electron chi connectivity index (χ4n) is 2.01. The SMILES string of the molecule is CCCC1(C)CN(C2CC2)N=C1F. The molecule has 2 aliphatic rings. The molecule has 1 heterocycles. The predicted octanol–water partition coefficient (Wildman–Crippen LogP) is 2.55. The van der Waals surface area contributed by atoms with Crippen LogP contribution in [0.2, 0.25) is 0 Å². The zero-order valence-corrected chi connectivity index (χ0v) is 8.39. The molecule has 0 aromatic carbocycles. The van der Waals surface area contributed by atoms with Crippen molar-refractivity contribution in [3.8, 4) is 0 Å². The van der Waals surface area contributed by atoms with Crippen molar-refractivity contribution in [1.82, 2.24) is 5.01 Å². The first-order valence-electron chi connectivity index (χ1n) is 5.17. The van der Waals surface area contributed by atoms with Gasteiger partial charge in [0.15, 0.2) is 0 Å². The molecule has 13 heavy (non-hydrogen) atoms. The smallest absolute Gasteiger partial charge is 0.215 e. The molecule has 1 unspecified atom stereocenters. The van der Waals surface area contributed by atoms with Crippen LogP contribution in [0.15, 0.2) is 5.10 Å². The molecule has 0 saturated heterocycles. The van der Waals surface area contributed by atoms with Gasteiger partial charge in [-0.3, -0.25) is 5.01 Å². The van der Waals surface area contributed by atoms with Crippen LogP contribution in [0, 0.1) is 5.41 Å². The highest BCUT2D eigenvalue weighted by molar-refractivity contribution is 5.82. The van der Waals surface area contributed by atoms with Crippen molar-refractivity contribution in [2.24, 2.45) is 10.5 Å². The molecule has 1 aliphatic heterocycles. The summed E-state index contributed by atoms with van der Waals surface area (Å²) in [5.41, 5.74) is -0.294. The zero-order chi connectivity index (χ0) is 9.47. The molecule has 0 N–H and O–H groups in total. The fraction of sp³-hybridized carbons (Fsp3) is 0.900. The maximum Gasteiger partial charge on any atom is 0.215 e. The van der Waals surface area contributed by atoms with Gasteiger partial charge in [0.2, 0.25) is 5.97 Å². The lowest BCUT2D eigenvalue weighted by molar-refractivity contribution is 0.236. The number of hydrogen-bond acceptors (Lipinski definition) is 2. The van der Waals surface area contributed by atoms with E-state index in [1.165, 1.54) is 12.8 Å². The Hall–Kier alpha value is -0.600. The number of rotatable bonds is 3. The molecule has 1 atom stereocenters. The highest BCUT2D eigenvalue weighted by Gasteiger charge is 2.43. The summed E-state index contributed by atoms with van der Waals surface area (Å²) < 4.78 is 13.5. The molecule has 0 radical (unpaired) electrons. The Morgan fingerprint density at radius 1 is 1.62 bits per heavy atom. The first-order chi connectivity index (χ1) is 6.15. The first-order valence-corrected chi connectivity index (χ1v) is 5.17. The average Bonchev–Trinajstić information content (AvgIpc) is 2.82. The molecule has 1 saturated carbocycles. The summed E-state index contributed by atoms with van der Waals surface area (Å²) >= 11 is 0. The van der Waals surface area contributed by atoms with Crippen molar-refractivity contribution in [3.05, 3.63) is 0 Å².